The van der Waals surface area contributed by atoms with Gasteiger partial charge in [-0.25, -0.2) is 0 Å². The van der Waals surface area contributed by atoms with Gasteiger partial charge < -0.3 is 14.8 Å². The Balaban J connectivity index is 1.26. The molecule has 2 aromatic carbocycles. The minimum atomic E-state index is -0.597. The van der Waals surface area contributed by atoms with Gasteiger partial charge in [-0.15, -0.1) is 5.10 Å². The highest BCUT2D eigenvalue weighted by Gasteiger charge is 2.21. The minimum absolute atomic E-state index is 0.165. The van der Waals surface area contributed by atoms with Crippen LogP contribution in [0, 0.1) is 0 Å². The van der Waals surface area contributed by atoms with Crippen molar-refractivity contribution < 1.29 is 9.94 Å². The summed E-state index contributed by atoms with van der Waals surface area (Å²) < 4.78 is 0. The predicted molar refractivity (Wildman–Crippen MR) is 105 cm³/mol. The number of piperazine rings is 1. The SMILES string of the molecule is O[C@@H](COn1nnc2ccccc21)CN1CCN(c2ccccc2Cl)CC1. The van der Waals surface area contributed by atoms with Crippen LogP contribution in [0.25, 0.3) is 11.0 Å². The second-order valence-electron chi connectivity index (χ2n) is 6.64. The Morgan fingerprint density at radius 3 is 2.59 bits per heavy atom. The van der Waals surface area contributed by atoms with Crippen LogP contribution in [0.3, 0.4) is 0 Å². The molecule has 1 saturated heterocycles. The molecule has 1 atom stereocenters. The van der Waals surface area contributed by atoms with E-state index in [4.69, 9.17) is 16.4 Å². The lowest BCUT2D eigenvalue weighted by Crippen LogP contribution is -2.49. The van der Waals surface area contributed by atoms with Crippen LogP contribution in [-0.4, -0.2) is 70.6 Å². The third-order valence-electron chi connectivity index (χ3n) is 4.75. The molecule has 0 radical (unpaired) electrons. The van der Waals surface area contributed by atoms with Crippen molar-refractivity contribution in [3.05, 3.63) is 53.6 Å². The first kappa shape index (κ1) is 18.0. The maximum atomic E-state index is 10.3. The molecular formula is C19H22ClN5O2. The summed E-state index contributed by atoms with van der Waals surface area (Å²) in [6.07, 6.45) is -0.597. The molecule has 0 amide bonds. The molecule has 8 heteroatoms. The van der Waals surface area contributed by atoms with Gasteiger partial charge in [0.25, 0.3) is 0 Å². The third-order valence-corrected chi connectivity index (χ3v) is 5.06. The van der Waals surface area contributed by atoms with Crippen LogP contribution in [0.1, 0.15) is 0 Å². The van der Waals surface area contributed by atoms with Crippen molar-refractivity contribution in [2.75, 3.05) is 44.2 Å². The smallest absolute Gasteiger partial charge is 0.144 e. The highest BCUT2D eigenvalue weighted by atomic mass is 35.5. The lowest BCUT2D eigenvalue weighted by atomic mass is 10.2. The van der Waals surface area contributed by atoms with E-state index in [0.29, 0.717) is 6.54 Å². The van der Waals surface area contributed by atoms with Gasteiger partial charge in [0, 0.05) is 32.7 Å². The number of rotatable bonds is 6. The molecule has 0 spiro atoms. The maximum Gasteiger partial charge on any atom is 0.144 e. The number of β-amino-alcohol motifs (C(OH)–C–C–N with tert-alkyl or cyclic N) is 1. The Labute approximate surface area is 162 Å². The molecule has 0 bridgehead atoms. The summed E-state index contributed by atoms with van der Waals surface area (Å²) in [6, 6.07) is 15.5. The van der Waals surface area contributed by atoms with Crippen LogP contribution in [0.4, 0.5) is 5.69 Å². The molecule has 1 aliphatic heterocycles. The van der Waals surface area contributed by atoms with E-state index >= 15 is 0 Å². The number of halogens is 1. The van der Waals surface area contributed by atoms with Crippen LogP contribution in [0.2, 0.25) is 5.02 Å². The van der Waals surface area contributed by atoms with Gasteiger partial charge in [-0.1, -0.05) is 40.7 Å². The highest BCUT2D eigenvalue weighted by molar-refractivity contribution is 6.33. The van der Waals surface area contributed by atoms with Gasteiger partial charge in [-0.3, -0.25) is 4.90 Å². The Bertz CT molecular complexity index is 894. The lowest BCUT2D eigenvalue weighted by Gasteiger charge is -2.37. The van der Waals surface area contributed by atoms with E-state index in [0.717, 1.165) is 47.9 Å². The first-order valence-electron chi connectivity index (χ1n) is 9.04. The zero-order valence-corrected chi connectivity index (χ0v) is 15.7. The highest BCUT2D eigenvalue weighted by Crippen LogP contribution is 2.26. The molecule has 0 saturated carbocycles. The Morgan fingerprint density at radius 1 is 1.04 bits per heavy atom. The summed E-state index contributed by atoms with van der Waals surface area (Å²) in [5.74, 6) is 0. The number of benzene rings is 2. The normalized spacial score (nSPS) is 16.6. The molecule has 7 nitrogen and oxygen atoms in total. The molecule has 0 unspecified atom stereocenters. The predicted octanol–water partition coefficient (Wildman–Crippen LogP) is 1.70. The summed E-state index contributed by atoms with van der Waals surface area (Å²) in [6.45, 7) is 4.22. The van der Waals surface area contributed by atoms with Gasteiger partial charge in [0.2, 0.25) is 0 Å². The summed E-state index contributed by atoms with van der Waals surface area (Å²) >= 11 is 6.28. The number of aliphatic hydroxyl groups is 1. The summed E-state index contributed by atoms with van der Waals surface area (Å²) in [7, 11) is 0. The topological polar surface area (TPSA) is 66.7 Å². The van der Waals surface area contributed by atoms with Crippen molar-refractivity contribution in [1.82, 2.24) is 20.1 Å². The van der Waals surface area contributed by atoms with Crippen molar-refractivity contribution in [2.45, 2.75) is 6.10 Å². The molecule has 2 heterocycles. The first-order valence-corrected chi connectivity index (χ1v) is 9.42. The average Bonchev–Trinajstić information content (AvgIpc) is 3.11. The Kier molecular flexibility index (Phi) is 5.42. The number of aromatic nitrogens is 3. The van der Waals surface area contributed by atoms with Crippen LogP contribution in [-0.2, 0) is 0 Å². The zero-order chi connectivity index (χ0) is 18.6. The van der Waals surface area contributed by atoms with E-state index < -0.39 is 6.10 Å². The molecule has 1 aromatic heterocycles. The monoisotopic (exact) mass is 387 g/mol. The Morgan fingerprint density at radius 2 is 1.78 bits per heavy atom. The number of nitrogens with zero attached hydrogens (tertiary/aromatic N) is 5. The van der Waals surface area contributed by atoms with Crippen molar-refractivity contribution in [1.29, 1.82) is 0 Å². The number of para-hydroxylation sites is 2. The quantitative estimate of drug-likeness (QED) is 0.694. The summed E-state index contributed by atoms with van der Waals surface area (Å²) in [4.78, 5) is 11.5. The fourth-order valence-electron chi connectivity index (χ4n) is 3.33. The van der Waals surface area contributed by atoms with Crippen LogP contribution in [0.15, 0.2) is 48.5 Å². The number of hydrogen-bond donors (Lipinski definition) is 1. The van der Waals surface area contributed by atoms with E-state index in [1.807, 2.05) is 48.5 Å². The van der Waals surface area contributed by atoms with Crippen molar-refractivity contribution in [3.8, 4) is 0 Å². The van der Waals surface area contributed by atoms with Gasteiger partial charge in [0.1, 0.15) is 23.7 Å². The van der Waals surface area contributed by atoms with Gasteiger partial charge in [0.15, 0.2) is 0 Å². The van der Waals surface area contributed by atoms with E-state index in [9.17, 15) is 5.11 Å². The minimum Gasteiger partial charge on any atom is -0.392 e. The van der Waals surface area contributed by atoms with Gasteiger partial charge in [-0.2, -0.15) is 0 Å². The second kappa shape index (κ2) is 8.12. The van der Waals surface area contributed by atoms with E-state index in [1.165, 1.54) is 4.85 Å². The standard InChI is InChI=1S/C19H22ClN5O2/c20-16-5-1-3-7-18(16)24-11-9-23(10-12-24)13-15(26)14-27-25-19-8-4-2-6-17(19)21-22-25/h1-8,15,26H,9-14H2/t15-/m1/s1. The largest absolute Gasteiger partial charge is 0.392 e. The third kappa shape index (κ3) is 4.16. The van der Waals surface area contributed by atoms with Crippen molar-refractivity contribution in [2.24, 2.45) is 0 Å². The van der Waals surface area contributed by atoms with Crippen LogP contribution >= 0.6 is 11.6 Å². The molecule has 1 fully saturated rings. The van der Waals surface area contributed by atoms with Gasteiger partial charge in [0.05, 0.1) is 10.7 Å². The fraction of sp³-hybridized carbons (Fsp3) is 0.368. The van der Waals surface area contributed by atoms with Crippen molar-refractivity contribution >= 4 is 28.3 Å². The number of hydrogen-bond acceptors (Lipinski definition) is 6. The lowest BCUT2D eigenvalue weighted by molar-refractivity contribution is -0.00127. The molecule has 27 heavy (non-hydrogen) atoms. The molecular weight excluding hydrogens is 366 g/mol. The Hall–Kier alpha value is -2.35. The van der Waals surface area contributed by atoms with E-state index in [1.54, 1.807) is 0 Å². The van der Waals surface area contributed by atoms with Crippen LogP contribution in [0.5, 0.6) is 0 Å². The summed E-state index contributed by atoms with van der Waals surface area (Å²) in [5, 5.41) is 19.1. The van der Waals surface area contributed by atoms with Gasteiger partial charge >= 0.3 is 0 Å². The number of aliphatic hydroxyl groups excluding tert-OH is 1. The fourth-order valence-corrected chi connectivity index (χ4v) is 3.59. The molecule has 0 aliphatic carbocycles. The average molecular weight is 388 g/mol. The zero-order valence-electron chi connectivity index (χ0n) is 14.9. The first-order chi connectivity index (χ1) is 13.2. The molecule has 1 N–H and O–H groups in total. The second-order valence-corrected chi connectivity index (χ2v) is 7.05. The molecule has 4 rings (SSSR count). The number of anilines is 1. The molecule has 142 valence electrons. The van der Waals surface area contributed by atoms with Crippen molar-refractivity contribution in [3.63, 3.8) is 0 Å². The van der Waals surface area contributed by atoms with Gasteiger partial charge in [-0.05, 0) is 29.5 Å². The van der Waals surface area contributed by atoms with E-state index in [-0.39, 0.29) is 6.61 Å². The molecule has 1 aliphatic rings. The van der Waals surface area contributed by atoms with E-state index in [2.05, 4.69) is 20.1 Å². The number of fused-ring (bicyclic) bond motifs is 1. The molecule has 3 aromatic rings. The van der Waals surface area contributed by atoms with Crippen LogP contribution < -0.4 is 9.74 Å². The maximum absolute atomic E-state index is 10.3. The summed E-state index contributed by atoms with van der Waals surface area (Å²) in [5.41, 5.74) is 2.63.